The quantitative estimate of drug-likeness (QED) is 0.0582. The molecular weight excluding hydrogens is 785 g/mol. The SMILES string of the molecule is COc1cc(-c2ccc(N=Nc3c(O)c(S(=O)(=O)O)cc4cc(S(=O)(=O)O)ccc34)c(OC)c2)ccc1N=Nc1cc(S(=O)(=O)O)c2ccc(O)cc2c1O. The number of rotatable bonds is 10. The minimum atomic E-state index is -5.03. The number of methoxy groups -OCH3 is 2. The van der Waals surface area contributed by atoms with Crippen LogP contribution >= 0.6 is 0 Å². The topological polar surface area (TPSA) is 292 Å². The number of hydrogen-bond donors (Lipinski definition) is 6. The maximum Gasteiger partial charge on any atom is 0.298 e. The van der Waals surface area contributed by atoms with Gasteiger partial charge in [-0.3, -0.25) is 13.7 Å². The minimum absolute atomic E-state index is 0.0231. The summed E-state index contributed by atoms with van der Waals surface area (Å²) in [4.78, 5) is -2.14. The summed E-state index contributed by atoms with van der Waals surface area (Å²) in [6.07, 6.45) is 0. The fraction of sp³-hybridized carbons (Fsp3) is 0.0588. The van der Waals surface area contributed by atoms with E-state index < -0.39 is 62.2 Å². The van der Waals surface area contributed by atoms with Gasteiger partial charge in [0.15, 0.2) is 11.5 Å². The lowest BCUT2D eigenvalue weighted by Crippen LogP contribution is -2.00. The van der Waals surface area contributed by atoms with E-state index >= 15 is 0 Å². The van der Waals surface area contributed by atoms with E-state index in [2.05, 4.69) is 20.5 Å². The highest BCUT2D eigenvalue weighted by atomic mass is 32.2. The first-order valence-electron chi connectivity index (χ1n) is 15.2. The number of hydrogen-bond acceptors (Lipinski definition) is 15. The zero-order valence-corrected chi connectivity index (χ0v) is 30.5. The maximum absolute atomic E-state index is 12.1. The van der Waals surface area contributed by atoms with Gasteiger partial charge in [-0.05, 0) is 83.2 Å². The summed E-state index contributed by atoms with van der Waals surface area (Å²) in [5.41, 5.74) is 0.583. The molecule has 21 heteroatoms. The van der Waals surface area contributed by atoms with Crippen molar-refractivity contribution >= 4 is 74.6 Å². The molecule has 284 valence electrons. The Hall–Kier alpha value is -6.23. The van der Waals surface area contributed by atoms with Crippen molar-refractivity contribution in [3.8, 4) is 39.9 Å². The Morgan fingerprint density at radius 1 is 0.491 bits per heavy atom. The lowest BCUT2D eigenvalue weighted by Gasteiger charge is -2.11. The number of phenolic OH excluding ortho intramolecular Hbond substituents is 3. The van der Waals surface area contributed by atoms with Crippen LogP contribution in [0.1, 0.15) is 0 Å². The van der Waals surface area contributed by atoms with Crippen LogP contribution in [-0.2, 0) is 30.4 Å². The summed E-state index contributed by atoms with van der Waals surface area (Å²) in [5.74, 6) is -1.43. The number of benzene rings is 6. The standard InChI is InChI=1S/C34H26N4O14S3/c1-51-28-12-17(3-9-25(28)35-37-27-16-30(54(45,46)47)23-7-5-20(39)15-24(23)33(27)40)18-4-10-26(29(13-18)52-2)36-38-32-22-8-6-21(53(42,43)44)11-19(22)14-31(34(32)41)55(48,49)50/h3-16,39-41H,1-2H3,(H,42,43,44)(H,45,46,47)(H,48,49,50). The number of nitrogens with zero attached hydrogens (tertiary/aromatic N) is 4. The van der Waals surface area contributed by atoms with E-state index in [1.807, 2.05) is 0 Å². The zero-order valence-electron chi connectivity index (χ0n) is 28.0. The van der Waals surface area contributed by atoms with Crippen molar-refractivity contribution in [2.24, 2.45) is 20.5 Å². The summed E-state index contributed by atoms with van der Waals surface area (Å²) >= 11 is 0. The monoisotopic (exact) mass is 810 g/mol. The molecule has 0 unspecified atom stereocenters. The third-order valence-corrected chi connectivity index (χ3v) is 10.7. The number of azo groups is 2. The first-order chi connectivity index (χ1) is 25.8. The molecule has 0 radical (unpaired) electrons. The third-order valence-electron chi connectivity index (χ3n) is 8.13. The molecule has 0 aliphatic carbocycles. The molecule has 0 atom stereocenters. The van der Waals surface area contributed by atoms with Gasteiger partial charge in [0, 0.05) is 16.2 Å². The van der Waals surface area contributed by atoms with Gasteiger partial charge in [0.1, 0.15) is 49.8 Å². The van der Waals surface area contributed by atoms with Crippen LogP contribution in [0.25, 0.3) is 32.7 Å². The zero-order chi connectivity index (χ0) is 40.0. The van der Waals surface area contributed by atoms with Gasteiger partial charge in [-0.2, -0.15) is 25.3 Å². The van der Waals surface area contributed by atoms with Crippen molar-refractivity contribution in [1.82, 2.24) is 0 Å². The Bertz CT molecular complexity index is 2970. The van der Waals surface area contributed by atoms with E-state index in [1.165, 1.54) is 38.5 Å². The second kappa shape index (κ2) is 14.2. The van der Waals surface area contributed by atoms with Crippen molar-refractivity contribution in [1.29, 1.82) is 0 Å². The average Bonchev–Trinajstić information content (AvgIpc) is 3.12. The summed E-state index contributed by atoms with van der Waals surface area (Å²) in [6.45, 7) is 0. The van der Waals surface area contributed by atoms with E-state index in [9.17, 15) is 54.2 Å². The fourth-order valence-corrected chi connectivity index (χ4v) is 7.37. The van der Waals surface area contributed by atoms with Crippen LogP contribution in [0.4, 0.5) is 22.7 Å². The molecule has 0 spiro atoms. The minimum Gasteiger partial charge on any atom is -0.508 e. The molecule has 0 aromatic heterocycles. The van der Waals surface area contributed by atoms with Crippen LogP contribution in [0.3, 0.4) is 0 Å². The molecule has 0 aliphatic rings. The normalized spacial score (nSPS) is 12.6. The fourth-order valence-electron chi connectivity index (χ4n) is 5.52. The Balaban J connectivity index is 1.36. The molecule has 6 aromatic carbocycles. The van der Waals surface area contributed by atoms with Gasteiger partial charge >= 0.3 is 0 Å². The molecule has 6 rings (SSSR count). The van der Waals surface area contributed by atoms with E-state index in [1.54, 1.807) is 24.3 Å². The second-order valence-corrected chi connectivity index (χ2v) is 15.7. The summed E-state index contributed by atoms with van der Waals surface area (Å²) < 4.78 is 111. The van der Waals surface area contributed by atoms with Gasteiger partial charge < -0.3 is 24.8 Å². The predicted octanol–water partition coefficient (Wildman–Crippen LogP) is 7.36. The smallest absolute Gasteiger partial charge is 0.298 e. The molecule has 0 aliphatic heterocycles. The Labute approximate surface area is 311 Å². The molecule has 0 saturated carbocycles. The Kier molecular flexibility index (Phi) is 9.94. The van der Waals surface area contributed by atoms with Crippen LogP contribution in [-0.4, -0.2) is 68.5 Å². The molecule has 0 amide bonds. The van der Waals surface area contributed by atoms with Crippen LogP contribution in [0.15, 0.2) is 120 Å². The molecule has 0 saturated heterocycles. The molecule has 0 bridgehead atoms. The largest absolute Gasteiger partial charge is 0.508 e. The Morgan fingerprint density at radius 3 is 1.58 bits per heavy atom. The van der Waals surface area contributed by atoms with Crippen LogP contribution in [0, 0.1) is 0 Å². The molecule has 6 N–H and O–H groups in total. The second-order valence-electron chi connectivity index (χ2n) is 11.5. The molecular formula is C34H26N4O14S3. The molecule has 6 aromatic rings. The summed E-state index contributed by atoms with van der Waals surface area (Å²) in [5, 5.41) is 47.4. The van der Waals surface area contributed by atoms with Crippen LogP contribution < -0.4 is 9.47 Å². The van der Waals surface area contributed by atoms with Gasteiger partial charge in [-0.25, -0.2) is 0 Å². The number of phenols is 3. The molecule has 18 nitrogen and oxygen atoms in total. The van der Waals surface area contributed by atoms with Crippen molar-refractivity contribution in [3.63, 3.8) is 0 Å². The van der Waals surface area contributed by atoms with Gasteiger partial charge in [0.25, 0.3) is 30.4 Å². The first-order valence-corrected chi connectivity index (χ1v) is 19.5. The molecule has 0 fully saturated rings. The van der Waals surface area contributed by atoms with Gasteiger partial charge in [0.05, 0.1) is 19.1 Å². The highest BCUT2D eigenvalue weighted by Gasteiger charge is 2.24. The Morgan fingerprint density at radius 2 is 1.04 bits per heavy atom. The van der Waals surface area contributed by atoms with E-state index in [0.29, 0.717) is 11.1 Å². The number of fused-ring (bicyclic) bond motifs is 2. The van der Waals surface area contributed by atoms with Crippen molar-refractivity contribution in [3.05, 3.63) is 84.9 Å². The lowest BCUT2D eigenvalue weighted by atomic mass is 10.0. The highest BCUT2D eigenvalue weighted by molar-refractivity contribution is 7.86. The average molecular weight is 811 g/mol. The van der Waals surface area contributed by atoms with E-state index in [4.69, 9.17) is 9.47 Å². The van der Waals surface area contributed by atoms with Crippen LogP contribution in [0.5, 0.6) is 28.7 Å². The third kappa shape index (κ3) is 7.73. The maximum atomic E-state index is 12.1. The summed E-state index contributed by atoms with van der Waals surface area (Å²) in [7, 11) is -11.8. The number of aromatic hydroxyl groups is 3. The van der Waals surface area contributed by atoms with Crippen molar-refractivity contribution < 1.29 is 63.7 Å². The van der Waals surface area contributed by atoms with Crippen molar-refractivity contribution in [2.75, 3.05) is 14.2 Å². The van der Waals surface area contributed by atoms with Crippen LogP contribution in [0.2, 0.25) is 0 Å². The summed E-state index contributed by atoms with van der Waals surface area (Å²) in [6, 6.07) is 17.7. The number of ether oxygens (including phenoxy) is 2. The molecule has 0 heterocycles. The van der Waals surface area contributed by atoms with Gasteiger partial charge in [0.2, 0.25) is 0 Å². The predicted molar refractivity (Wildman–Crippen MR) is 196 cm³/mol. The highest BCUT2D eigenvalue weighted by Crippen LogP contribution is 2.45. The van der Waals surface area contributed by atoms with Gasteiger partial charge in [-0.1, -0.05) is 18.2 Å². The lowest BCUT2D eigenvalue weighted by molar-refractivity contribution is 0.415. The van der Waals surface area contributed by atoms with E-state index in [0.717, 1.165) is 36.4 Å². The van der Waals surface area contributed by atoms with Gasteiger partial charge in [-0.15, -0.1) is 20.5 Å². The van der Waals surface area contributed by atoms with Crippen molar-refractivity contribution in [2.45, 2.75) is 14.7 Å². The van der Waals surface area contributed by atoms with E-state index in [-0.39, 0.29) is 55.9 Å². The molecule has 55 heavy (non-hydrogen) atoms. The first kappa shape index (κ1) is 38.5.